The lowest BCUT2D eigenvalue weighted by atomic mass is 9.94. The number of nitrogens with zero attached hydrogens (tertiary/aromatic N) is 1. The Labute approximate surface area is 192 Å². The largest absolute Gasteiger partial charge is 0.490 e. The van der Waals surface area contributed by atoms with Crippen molar-refractivity contribution in [2.24, 2.45) is 0 Å². The molecule has 2 aliphatic heterocycles. The molecule has 2 aromatic carbocycles. The number of urea groups is 1. The number of carbonyl (C=O) groups excluding carboxylic acids is 3. The summed E-state index contributed by atoms with van der Waals surface area (Å²) in [6.07, 6.45) is 1.15. The van der Waals surface area contributed by atoms with Crippen molar-refractivity contribution < 1.29 is 23.9 Å². The average Bonchev–Trinajstić information content (AvgIpc) is 2.82. The standard InChI is InChI=1S/C24H28N4O5/c1-25-22(29)13-17-9-10-19-21(33-17)14-32-20-11-8-16(12-18(20)23(30)28(19)2)27-24(31)26-15-6-4-3-5-7-15/h3-8,11-12,17,19,21H,9-10,13-14H2,1-2H3,(H,25,29)(H2,26,27,31)/t17-,19-,21-/m0/s1. The zero-order valence-electron chi connectivity index (χ0n) is 18.7. The van der Waals surface area contributed by atoms with Gasteiger partial charge < -0.3 is 30.3 Å². The van der Waals surface area contributed by atoms with Crippen molar-refractivity contribution in [3.8, 4) is 5.75 Å². The van der Waals surface area contributed by atoms with Crippen LogP contribution in [0.5, 0.6) is 5.75 Å². The van der Waals surface area contributed by atoms with Gasteiger partial charge in [0.2, 0.25) is 5.91 Å². The normalized spacial score (nSPS) is 22.1. The smallest absolute Gasteiger partial charge is 0.323 e. The maximum absolute atomic E-state index is 13.3. The van der Waals surface area contributed by atoms with Gasteiger partial charge in [-0.25, -0.2) is 4.79 Å². The highest BCUT2D eigenvalue weighted by molar-refractivity contribution is 6.02. The number of nitrogens with one attached hydrogen (secondary N) is 3. The number of hydrogen-bond acceptors (Lipinski definition) is 5. The third kappa shape index (κ3) is 5.25. The molecule has 0 bridgehead atoms. The van der Waals surface area contributed by atoms with Crippen LogP contribution in [0.15, 0.2) is 48.5 Å². The Hall–Kier alpha value is -3.59. The number of amides is 4. The molecule has 4 amide bonds. The van der Waals surface area contributed by atoms with Crippen LogP contribution in [0, 0.1) is 0 Å². The molecule has 2 aliphatic rings. The third-order valence-electron chi connectivity index (χ3n) is 5.99. The Kier molecular flexibility index (Phi) is 6.79. The maximum atomic E-state index is 13.3. The number of anilines is 2. The van der Waals surface area contributed by atoms with E-state index in [9.17, 15) is 14.4 Å². The Morgan fingerprint density at radius 2 is 1.82 bits per heavy atom. The van der Waals surface area contributed by atoms with Crippen molar-refractivity contribution in [2.45, 2.75) is 37.5 Å². The number of fused-ring (bicyclic) bond motifs is 2. The molecule has 3 atom stereocenters. The van der Waals surface area contributed by atoms with E-state index in [1.54, 1.807) is 49.3 Å². The lowest BCUT2D eigenvalue weighted by Crippen LogP contribution is -2.53. The number of benzene rings is 2. The number of para-hydroxylation sites is 1. The van der Waals surface area contributed by atoms with Gasteiger partial charge in [-0.15, -0.1) is 0 Å². The van der Waals surface area contributed by atoms with Crippen LogP contribution in [-0.2, 0) is 9.53 Å². The minimum Gasteiger partial charge on any atom is -0.490 e. The topological polar surface area (TPSA) is 109 Å². The molecule has 1 fully saturated rings. The molecule has 0 radical (unpaired) electrons. The predicted molar refractivity (Wildman–Crippen MR) is 123 cm³/mol. The van der Waals surface area contributed by atoms with Crippen LogP contribution in [0.25, 0.3) is 0 Å². The summed E-state index contributed by atoms with van der Waals surface area (Å²) >= 11 is 0. The zero-order valence-corrected chi connectivity index (χ0v) is 18.7. The van der Waals surface area contributed by atoms with E-state index in [1.165, 1.54) is 0 Å². The molecule has 3 N–H and O–H groups in total. The van der Waals surface area contributed by atoms with Gasteiger partial charge in [-0.05, 0) is 43.2 Å². The average molecular weight is 453 g/mol. The van der Waals surface area contributed by atoms with Crippen LogP contribution in [0.1, 0.15) is 29.6 Å². The molecule has 1 saturated heterocycles. The van der Waals surface area contributed by atoms with Gasteiger partial charge in [-0.2, -0.15) is 0 Å². The Balaban J connectivity index is 1.47. The minimum absolute atomic E-state index is 0.0729. The fourth-order valence-corrected chi connectivity index (χ4v) is 4.23. The lowest BCUT2D eigenvalue weighted by Gasteiger charge is -2.42. The van der Waals surface area contributed by atoms with Gasteiger partial charge in [0, 0.05) is 25.5 Å². The van der Waals surface area contributed by atoms with E-state index in [4.69, 9.17) is 9.47 Å². The van der Waals surface area contributed by atoms with Gasteiger partial charge in [0.1, 0.15) is 18.5 Å². The second-order valence-electron chi connectivity index (χ2n) is 8.20. The van der Waals surface area contributed by atoms with Crippen LogP contribution in [0.3, 0.4) is 0 Å². The number of ether oxygens (including phenoxy) is 2. The molecule has 4 rings (SSSR count). The Morgan fingerprint density at radius 3 is 2.58 bits per heavy atom. The summed E-state index contributed by atoms with van der Waals surface area (Å²) in [5, 5.41) is 8.13. The molecule has 9 heteroatoms. The van der Waals surface area contributed by atoms with E-state index < -0.39 is 6.03 Å². The summed E-state index contributed by atoms with van der Waals surface area (Å²) in [5.74, 6) is 0.146. The van der Waals surface area contributed by atoms with Crippen LogP contribution in [0.4, 0.5) is 16.2 Å². The maximum Gasteiger partial charge on any atom is 0.323 e. The fourth-order valence-electron chi connectivity index (χ4n) is 4.23. The molecule has 0 aliphatic carbocycles. The van der Waals surface area contributed by atoms with Gasteiger partial charge in [0.15, 0.2) is 0 Å². The minimum atomic E-state index is -0.406. The monoisotopic (exact) mass is 452 g/mol. The summed E-state index contributed by atoms with van der Waals surface area (Å²) in [6, 6.07) is 13.5. The molecule has 0 unspecified atom stereocenters. The summed E-state index contributed by atoms with van der Waals surface area (Å²) in [6.45, 7) is 0.265. The summed E-state index contributed by atoms with van der Waals surface area (Å²) in [4.78, 5) is 39.0. The highest BCUT2D eigenvalue weighted by Crippen LogP contribution is 2.32. The van der Waals surface area contributed by atoms with E-state index in [0.717, 1.165) is 0 Å². The lowest BCUT2D eigenvalue weighted by molar-refractivity contribution is -0.133. The Morgan fingerprint density at radius 1 is 1.06 bits per heavy atom. The first-order valence-corrected chi connectivity index (χ1v) is 11.0. The number of rotatable bonds is 4. The Bertz CT molecular complexity index is 1030. The van der Waals surface area contributed by atoms with E-state index in [1.807, 2.05) is 18.2 Å². The highest BCUT2D eigenvalue weighted by atomic mass is 16.5. The fraction of sp³-hybridized carbons (Fsp3) is 0.375. The van der Waals surface area contributed by atoms with Crippen molar-refractivity contribution in [2.75, 3.05) is 31.3 Å². The molecule has 0 aromatic heterocycles. The van der Waals surface area contributed by atoms with Gasteiger partial charge in [0.05, 0.1) is 24.1 Å². The van der Waals surface area contributed by atoms with Crippen LogP contribution in [-0.4, -0.2) is 61.7 Å². The third-order valence-corrected chi connectivity index (χ3v) is 5.99. The molecule has 174 valence electrons. The van der Waals surface area contributed by atoms with Crippen LogP contribution in [0.2, 0.25) is 0 Å². The summed E-state index contributed by atoms with van der Waals surface area (Å²) < 4.78 is 12.1. The molecule has 2 aromatic rings. The molecule has 0 saturated carbocycles. The summed E-state index contributed by atoms with van der Waals surface area (Å²) in [5.41, 5.74) is 1.52. The van der Waals surface area contributed by atoms with Gasteiger partial charge >= 0.3 is 6.03 Å². The first-order valence-electron chi connectivity index (χ1n) is 11.0. The van der Waals surface area contributed by atoms with E-state index >= 15 is 0 Å². The molecular weight excluding hydrogens is 424 g/mol. The predicted octanol–water partition coefficient (Wildman–Crippen LogP) is 2.85. The quantitative estimate of drug-likeness (QED) is 0.661. The van der Waals surface area contributed by atoms with Crippen molar-refractivity contribution in [1.29, 1.82) is 0 Å². The number of likely N-dealkylation sites (N-methyl/N-ethyl adjacent to an activating group) is 1. The first kappa shape index (κ1) is 22.6. The van der Waals surface area contributed by atoms with Crippen LogP contribution >= 0.6 is 0 Å². The molecule has 9 nitrogen and oxygen atoms in total. The molecular formula is C24H28N4O5. The number of hydrogen-bond donors (Lipinski definition) is 3. The highest BCUT2D eigenvalue weighted by Gasteiger charge is 2.39. The second-order valence-corrected chi connectivity index (χ2v) is 8.20. The number of carbonyl (C=O) groups is 3. The van der Waals surface area contributed by atoms with Gasteiger partial charge in [-0.3, -0.25) is 9.59 Å². The van der Waals surface area contributed by atoms with E-state index in [0.29, 0.717) is 35.5 Å². The molecule has 33 heavy (non-hydrogen) atoms. The van der Waals surface area contributed by atoms with Gasteiger partial charge in [-0.1, -0.05) is 18.2 Å². The summed E-state index contributed by atoms with van der Waals surface area (Å²) in [7, 11) is 3.35. The van der Waals surface area contributed by atoms with Gasteiger partial charge in [0.25, 0.3) is 5.91 Å². The van der Waals surface area contributed by atoms with Crippen molar-refractivity contribution in [3.63, 3.8) is 0 Å². The van der Waals surface area contributed by atoms with Crippen molar-refractivity contribution in [3.05, 3.63) is 54.1 Å². The molecule has 2 heterocycles. The van der Waals surface area contributed by atoms with E-state index in [2.05, 4.69) is 16.0 Å². The molecule has 0 spiro atoms. The first-order chi connectivity index (χ1) is 15.9. The van der Waals surface area contributed by atoms with Crippen molar-refractivity contribution >= 4 is 29.2 Å². The van der Waals surface area contributed by atoms with Crippen molar-refractivity contribution in [1.82, 2.24) is 10.2 Å². The second kappa shape index (κ2) is 9.91. The SMILES string of the molecule is CNC(=O)C[C@@H]1CC[C@H]2[C@H](COc3ccc(NC(=O)Nc4ccccc4)cc3C(=O)N2C)O1. The zero-order chi connectivity index (χ0) is 23.4. The van der Waals surface area contributed by atoms with E-state index in [-0.39, 0.29) is 43.1 Å². The van der Waals surface area contributed by atoms with Crippen LogP contribution < -0.4 is 20.7 Å².